The molecule has 0 amide bonds. The number of rotatable bonds is 4. The van der Waals surface area contributed by atoms with Crippen molar-refractivity contribution in [3.63, 3.8) is 0 Å². The molecule has 0 aliphatic heterocycles. The average molecular weight is 270 g/mol. The first kappa shape index (κ1) is 12.8. The van der Waals surface area contributed by atoms with Gasteiger partial charge in [-0.3, -0.25) is 0 Å². The number of nitrogens with zero attached hydrogens (tertiary/aromatic N) is 3. The van der Waals surface area contributed by atoms with Crippen LogP contribution in [0.2, 0.25) is 0 Å². The van der Waals surface area contributed by atoms with Gasteiger partial charge in [0.25, 0.3) is 6.43 Å². The van der Waals surface area contributed by atoms with Gasteiger partial charge in [-0.1, -0.05) is 0 Å². The third-order valence-electron chi connectivity index (χ3n) is 2.60. The Morgan fingerprint density at radius 3 is 2.83 bits per heavy atom. The minimum absolute atomic E-state index is 0.317. The molecule has 94 valence electrons. The van der Waals surface area contributed by atoms with E-state index in [1.165, 1.54) is 4.57 Å². The first-order valence-corrected chi connectivity index (χ1v) is 5.92. The minimum atomic E-state index is -2.47. The van der Waals surface area contributed by atoms with Crippen LogP contribution < -0.4 is 0 Å². The first-order valence-electron chi connectivity index (χ1n) is 5.39. The SMILES string of the molecule is N#Cc1ccc2nc(CCCl)n(CC(F)F)c2c1. The van der Waals surface area contributed by atoms with Gasteiger partial charge >= 0.3 is 0 Å². The summed E-state index contributed by atoms with van der Waals surface area (Å²) in [4.78, 5) is 4.27. The second-order valence-corrected chi connectivity index (χ2v) is 4.16. The van der Waals surface area contributed by atoms with Crippen LogP contribution in [0.25, 0.3) is 11.0 Å². The third kappa shape index (κ3) is 2.44. The molecule has 1 aromatic heterocycles. The average Bonchev–Trinajstić information content (AvgIpc) is 2.67. The van der Waals surface area contributed by atoms with E-state index in [0.29, 0.717) is 34.7 Å². The number of hydrogen-bond donors (Lipinski definition) is 0. The van der Waals surface area contributed by atoms with Crippen LogP contribution in [0.15, 0.2) is 18.2 Å². The van der Waals surface area contributed by atoms with E-state index in [1.807, 2.05) is 6.07 Å². The van der Waals surface area contributed by atoms with Gasteiger partial charge < -0.3 is 4.57 Å². The van der Waals surface area contributed by atoms with E-state index in [9.17, 15) is 8.78 Å². The van der Waals surface area contributed by atoms with Crippen molar-refractivity contribution in [2.24, 2.45) is 0 Å². The van der Waals surface area contributed by atoms with E-state index in [2.05, 4.69) is 4.98 Å². The topological polar surface area (TPSA) is 41.6 Å². The Balaban J connectivity index is 2.59. The Kier molecular flexibility index (Phi) is 3.78. The van der Waals surface area contributed by atoms with Crippen LogP contribution in [0.1, 0.15) is 11.4 Å². The van der Waals surface area contributed by atoms with Gasteiger partial charge in [0.05, 0.1) is 29.2 Å². The van der Waals surface area contributed by atoms with E-state index >= 15 is 0 Å². The van der Waals surface area contributed by atoms with Gasteiger partial charge in [-0.2, -0.15) is 5.26 Å². The molecule has 0 unspecified atom stereocenters. The summed E-state index contributed by atoms with van der Waals surface area (Å²) in [7, 11) is 0. The maximum atomic E-state index is 12.6. The molecule has 2 aromatic rings. The second kappa shape index (κ2) is 5.32. The fraction of sp³-hybridized carbons (Fsp3) is 0.333. The lowest BCUT2D eigenvalue weighted by molar-refractivity contribution is 0.127. The van der Waals surface area contributed by atoms with Crippen molar-refractivity contribution < 1.29 is 8.78 Å². The zero-order valence-corrected chi connectivity index (χ0v) is 10.2. The van der Waals surface area contributed by atoms with Crippen molar-refractivity contribution in [3.8, 4) is 6.07 Å². The van der Waals surface area contributed by atoms with Crippen LogP contribution in [0.3, 0.4) is 0 Å². The lowest BCUT2D eigenvalue weighted by Gasteiger charge is -2.07. The van der Waals surface area contributed by atoms with Crippen LogP contribution in [-0.4, -0.2) is 21.9 Å². The van der Waals surface area contributed by atoms with Crippen molar-refractivity contribution in [1.82, 2.24) is 9.55 Å². The van der Waals surface area contributed by atoms with Gasteiger partial charge in [0.1, 0.15) is 5.82 Å². The van der Waals surface area contributed by atoms with Crippen LogP contribution in [-0.2, 0) is 13.0 Å². The number of halogens is 3. The summed E-state index contributed by atoms with van der Waals surface area (Å²) in [6, 6.07) is 6.84. The fourth-order valence-electron chi connectivity index (χ4n) is 1.86. The first-order chi connectivity index (χ1) is 8.65. The fourth-order valence-corrected chi connectivity index (χ4v) is 2.03. The summed E-state index contributed by atoms with van der Waals surface area (Å²) >= 11 is 5.64. The van der Waals surface area contributed by atoms with Gasteiger partial charge in [-0.25, -0.2) is 13.8 Å². The molecule has 6 heteroatoms. The number of hydrogen-bond acceptors (Lipinski definition) is 2. The lowest BCUT2D eigenvalue weighted by atomic mass is 10.2. The summed E-state index contributed by atoms with van der Waals surface area (Å²) in [5, 5.41) is 8.83. The number of aryl methyl sites for hydroxylation is 1. The molecule has 0 spiro atoms. The smallest absolute Gasteiger partial charge is 0.256 e. The molecule has 0 aliphatic rings. The number of benzene rings is 1. The highest BCUT2D eigenvalue weighted by atomic mass is 35.5. The highest BCUT2D eigenvalue weighted by Gasteiger charge is 2.14. The Morgan fingerprint density at radius 1 is 1.44 bits per heavy atom. The van der Waals surface area contributed by atoms with Crippen molar-refractivity contribution in [2.75, 3.05) is 5.88 Å². The highest BCUT2D eigenvalue weighted by Crippen LogP contribution is 2.20. The summed E-state index contributed by atoms with van der Waals surface area (Å²) in [6.07, 6.45) is -2.05. The summed E-state index contributed by atoms with van der Waals surface area (Å²) in [5.41, 5.74) is 1.58. The molecule has 0 radical (unpaired) electrons. The normalized spacial score (nSPS) is 11.1. The summed E-state index contributed by atoms with van der Waals surface area (Å²) in [5.74, 6) is 0.841. The van der Waals surface area contributed by atoms with Crippen molar-refractivity contribution in [3.05, 3.63) is 29.6 Å². The number of alkyl halides is 3. The predicted octanol–water partition coefficient (Wildman–Crippen LogP) is 2.95. The summed E-state index contributed by atoms with van der Waals surface area (Å²) < 4.78 is 26.6. The molecule has 0 fully saturated rings. The molecule has 1 heterocycles. The number of nitriles is 1. The van der Waals surface area contributed by atoms with E-state index < -0.39 is 13.0 Å². The molecule has 18 heavy (non-hydrogen) atoms. The largest absolute Gasteiger partial charge is 0.322 e. The van der Waals surface area contributed by atoms with Gasteiger partial charge in [0, 0.05) is 12.3 Å². The number of imidazole rings is 1. The molecular weight excluding hydrogens is 260 g/mol. The highest BCUT2D eigenvalue weighted by molar-refractivity contribution is 6.17. The van der Waals surface area contributed by atoms with Gasteiger partial charge in [-0.15, -0.1) is 11.6 Å². The zero-order chi connectivity index (χ0) is 13.1. The monoisotopic (exact) mass is 269 g/mol. The molecular formula is C12H10ClF2N3. The Bertz CT molecular complexity index is 601. The van der Waals surface area contributed by atoms with Crippen molar-refractivity contribution in [1.29, 1.82) is 5.26 Å². The zero-order valence-electron chi connectivity index (χ0n) is 9.41. The van der Waals surface area contributed by atoms with Gasteiger partial charge in [0.2, 0.25) is 0 Å². The molecule has 0 saturated carbocycles. The Morgan fingerprint density at radius 2 is 2.22 bits per heavy atom. The maximum Gasteiger partial charge on any atom is 0.256 e. The van der Waals surface area contributed by atoms with Crippen molar-refractivity contribution in [2.45, 2.75) is 19.4 Å². The van der Waals surface area contributed by atoms with E-state index in [-0.39, 0.29) is 0 Å². The van der Waals surface area contributed by atoms with E-state index in [4.69, 9.17) is 16.9 Å². The predicted molar refractivity (Wildman–Crippen MR) is 64.9 cm³/mol. The van der Waals surface area contributed by atoms with Crippen LogP contribution in [0.5, 0.6) is 0 Å². The molecule has 0 N–H and O–H groups in total. The molecule has 1 aromatic carbocycles. The standard InChI is InChI=1S/C12H10ClF2N3/c13-4-3-12-17-9-2-1-8(6-16)5-10(9)18(12)7-11(14)15/h1-2,5,11H,3-4,7H2. The quantitative estimate of drug-likeness (QED) is 0.801. The van der Waals surface area contributed by atoms with Gasteiger partial charge in [-0.05, 0) is 18.2 Å². The third-order valence-corrected chi connectivity index (χ3v) is 2.78. The molecule has 0 atom stereocenters. The van der Waals surface area contributed by atoms with E-state index in [1.54, 1.807) is 18.2 Å². The Hall–Kier alpha value is -1.67. The molecule has 2 rings (SSSR count). The second-order valence-electron chi connectivity index (χ2n) is 3.78. The number of aromatic nitrogens is 2. The van der Waals surface area contributed by atoms with Crippen LogP contribution >= 0.6 is 11.6 Å². The van der Waals surface area contributed by atoms with Gasteiger partial charge in [0.15, 0.2) is 0 Å². The van der Waals surface area contributed by atoms with Crippen LogP contribution in [0, 0.1) is 11.3 Å². The number of fused-ring (bicyclic) bond motifs is 1. The van der Waals surface area contributed by atoms with Crippen LogP contribution in [0.4, 0.5) is 8.78 Å². The minimum Gasteiger partial charge on any atom is -0.322 e. The Labute approximate surface area is 108 Å². The van der Waals surface area contributed by atoms with Crippen molar-refractivity contribution >= 4 is 22.6 Å². The maximum absolute atomic E-state index is 12.6. The molecule has 3 nitrogen and oxygen atoms in total. The lowest BCUT2D eigenvalue weighted by Crippen LogP contribution is -2.10. The molecule has 0 bridgehead atoms. The molecule has 0 aliphatic carbocycles. The summed E-state index contributed by atoms with van der Waals surface area (Å²) in [6.45, 7) is -0.433. The molecule has 0 saturated heterocycles. The van der Waals surface area contributed by atoms with E-state index in [0.717, 1.165) is 0 Å².